The van der Waals surface area contributed by atoms with Gasteiger partial charge in [-0.3, -0.25) is 4.98 Å². The van der Waals surface area contributed by atoms with Crippen LogP contribution in [0.3, 0.4) is 0 Å². The van der Waals surface area contributed by atoms with Crippen molar-refractivity contribution in [2.75, 3.05) is 13.7 Å². The predicted octanol–water partition coefficient (Wildman–Crippen LogP) is 4.09. The first-order valence-electron chi connectivity index (χ1n) is 10.0. The van der Waals surface area contributed by atoms with Crippen molar-refractivity contribution in [3.63, 3.8) is 0 Å². The first-order valence-corrected chi connectivity index (χ1v) is 10.8. The molecule has 30 heavy (non-hydrogen) atoms. The van der Waals surface area contributed by atoms with Gasteiger partial charge in [-0.1, -0.05) is 58.4 Å². The number of hydrogen-bond donors (Lipinski definition) is 2. The Kier molecular flexibility index (Phi) is 4.61. The predicted molar refractivity (Wildman–Crippen MR) is 117 cm³/mol. The van der Waals surface area contributed by atoms with Crippen molar-refractivity contribution in [1.29, 1.82) is 0 Å². The minimum absolute atomic E-state index is 0.101. The number of methoxy groups -OCH3 is 1. The van der Waals surface area contributed by atoms with Gasteiger partial charge in [0, 0.05) is 16.3 Å². The molecular formula is C24H23BrN2O3. The van der Waals surface area contributed by atoms with Gasteiger partial charge in [0.15, 0.2) is 5.60 Å². The number of hydrogen-bond acceptors (Lipinski definition) is 5. The number of nitrogens with zero attached hydrogens (tertiary/aromatic N) is 1. The second kappa shape index (κ2) is 7.08. The molecule has 154 valence electrons. The zero-order valence-corrected chi connectivity index (χ0v) is 18.2. The molecule has 2 aliphatic rings. The second-order valence-electron chi connectivity index (χ2n) is 7.96. The van der Waals surface area contributed by atoms with Crippen LogP contribution >= 0.6 is 15.9 Å². The molecule has 0 spiro atoms. The summed E-state index contributed by atoms with van der Waals surface area (Å²) < 4.78 is 13.3. The third-order valence-corrected chi connectivity index (χ3v) is 7.20. The third-order valence-electron chi connectivity index (χ3n) is 6.68. The molecular weight excluding hydrogens is 444 g/mol. The molecule has 1 unspecified atom stereocenters. The van der Waals surface area contributed by atoms with Crippen molar-refractivity contribution in [3.05, 3.63) is 88.2 Å². The molecule has 0 bridgehead atoms. The lowest BCUT2D eigenvalue weighted by Crippen LogP contribution is -2.51. The molecule has 0 radical (unpaired) electrons. The Bertz CT molecular complexity index is 1080. The highest BCUT2D eigenvalue weighted by Gasteiger charge is 2.73. The van der Waals surface area contributed by atoms with E-state index in [9.17, 15) is 5.11 Å². The summed E-state index contributed by atoms with van der Waals surface area (Å²) in [5.41, 5.74) is 6.48. The van der Waals surface area contributed by atoms with Gasteiger partial charge in [-0.05, 0) is 36.2 Å². The molecule has 2 aromatic carbocycles. The maximum absolute atomic E-state index is 12.5. The molecule has 1 aliphatic carbocycles. The van der Waals surface area contributed by atoms with E-state index in [4.69, 9.17) is 15.2 Å². The van der Waals surface area contributed by atoms with Crippen molar-refractivity contribution in [3.8, 4) is 11.5 Å². The van der Waals surface area contributed by atoms with Crippen molar-refractivity contribution < 1.29 is 14.6 Å². The van der Waals surface area contributed by atoms with E-state index >= 15 is 0 Å². The molecule has 4 atom stereocenters. The quantitative estimate of drug-likeness (QED) is 0.605. The standard InChI is InChI=1S/C24H23BrN2O3/c1-29-20-13-27-14-21-22(20)23(28)17(12-26)11-19(15-5-3-2-4-6-15)24(23,30-21)16-7-9-18(25)10-8-16/h2-10,13-14,17,19,28H,11-12,26H2,1H3/t17?,19-,23+,24-/m0/s1. The summed E-state index contributed by atoms with van der Waals surface area (Å²) in [4.78, 5) is 4.27. The fourth-order valence-corrected chi connectivity index (χ4v) is 5.70. The summed E-state index contributed by atoms with van der Waals surface area (Å²) in [5.74, 6) is 0.736. The summed E-state index contributed by atoms with van der Waals surface area (Å²) in [5, 5.41) is 12.5. The highest BCUT2D eigenvalue weighted by molar-refractivity contribution is 9.10. The van der Waals surface area contributed by atoms with Gasteiger partial charge in [0.05, 0.1) is 25.1 Å². The van der Waals surface area contributed by atoms with Crippen LogP contribution in [-0.4, -0.2) is 23.7 Å². The van der Waals surface area contributed by atoms with E-state index in [0.717, 1.165) is 15.6 Å². The Labute approximate surface area is 184 Å². The number of fused-ring (bicyclic) bond motifs is 3. The summed E-state index contributed by atoms with van der Waals surface area (Å²) >= 11 is 3.52. The van der Waals surface area contributed by atoms with Gasteiger partial charge >= 0.3 is 0 Å². The second-order valence-corrected chi connectivity index (χ2v) is 8.87. The van der Waals surface area contributed by atoms with E-state index < -0.39 is 11.2 Å². The largest absolute Gasteiger partial charge is 0.495 e. The van der Waals surface area contributed by atoms with E-state index in [1.165, 1.54) is 0 Å². The lowest BCUT2D eigenvalue weighted by molar-refractivity contribution is -0.126. The first kappa shape index (κ1) is 19.5. The highest BCUT2D eigenvalue weighted by atomic mass is 79.9. The third kappa shape index (κ3) is 2.44. The molecule has 1 saturated carbocycles. The van der Waals surface area contributed by atoms with E-state index in [1.807, 2.05) is 42.5 Å². The number of rotatable bonds is 4. The van der Waals surface area contributed by atoms with Crippen LogP contribution in [0.5, 0.6) is 11.5 Å². The zero-order valence-electron chi connectivity index (χ0n) is 16.6. The van der Waals surface area contributed by atoms with Crippen molar-refractivity contribution in [2.24, 2.45) is 11.7 Å². The van der Waals surface area contributed by atoms with Crippen LogP contribution in [0.2, 0.25) is 0 Å². The van der Waals surface area contributed by atoms with Crippen molar-refractivity contribution in [1.82, 2.24) is 4.98 Å². The lowest BCUT2D eigenvalue weighted by atomic mass is 9.70. The highest BCUT2D eigenvalue weighted by Crippen LogP contribution is 2.69. The normalized spacial score (nSPS) is 29.2. The molecule has 0 saturated heterocycles. The Hall–Kier alpha value is -2.41. The molecule has 5 nitrogen and oxygen atoms in total. The summed E-state index contributed by atoms with van der Waals surface area (Å²) in [6, 6.07) is 18.2. The number of aliphatic hydroxyl groups is 1. The van der Waals surface area contributed by atoms with E-state index in [1.54, 1.807) is 19.5 Å². The fraction of sp³-hybridized carbons (Fsp3) is 0.292. The first-order chi connectivity index (χ1) is 14.6. The molecule has 1 aromatic heterocycles. The Morgan fingerprint density at radius 1 is 1.17 bits per heavy atom. The van der Waals surface area contributed by atoms with E-state index in [-0.39, 0.29) is 11.8 Å². The van der Waals surface area contributed by atoms with Gasteiger partial charge in [0.25, 0.3) is 0 Å². The number of nitrogens with two attached hydrogens (primary N) is 1. The van der Waals surface area contributed by atoms with Crippen molar-refractivity contribution in [2.45, 2.75) is 23.5 Å². The Morgan fingerprint density at radius 2 is 1.90 bits per heavy atom. The molecule has 2 heterocycles. The van der Waals surface area contributed by atoms with Crippen LogP contribution < -0.4 is 15.2 Å². The summed E-state index contributed by atoms with van der Waals surface area (Å²) in [6.45, 7) is 0.326. The number of aromatic nitrogens is 1. The number of ether oxygens (including phenoxy) is 2. The average Bonchev–Trinajstić information content (AvgIpc) is 3.19. The molecule has 3 aromatic rings. The van der Waals surface area contributed by atoms with Crippen LogP contribution in [0.4, 0.5) is 0 Å². The van der Waals surface area contributed by atoms with Crippen LogP contribution in [-0.2, 0) is 11.2 Å². The van der Waals surface area contributed by atoms with Crippen LogP contribution in [0.25, 0.3) is 0 Å². The van der Waals surface area contributed by atoms with Gasteiger partial charge in [-0.25, -0.2) is 0 Å². The Balaban J connectivity index is 1.83. The van der Waals surface area contributed by atoms with E-state index in [0.29, 0.717) is 30.0 Å². The molecule has 0 amide bonds. The number of benzene rings is 2. The minimum atomic E-state index is -1.36. The van der Waals surface area contributed by atoms with Gasteiger partial charge in [0.2, 0.25) is 0 Å². The lowest BCUT2D eigenvalue weighted by Gasteiger charge is -2.41. The van der Waals surface area contributed by atoms with Gasteiger partial charge in [-0.15, -0.1) is 0 Å². The fourth-order valence-electron chi connectivity index (χ4n) is 5.43. The monoisotopic (exact) mass is 466 g/mol. The minimum Gasteiger partial charge on any atom is -0.495 e. The summed E-state index contributed by atoms with van der Waals surface area (Å²) in [7, 11) is 1.58. The topological polar surface area (TPSA) is 77.6 Å². The maximum atomic E-state index is 12.5. The maximum Gasteiger partial charge on any atom is 0.174 e. The zero-order chi connectivity index (χ0) is 20.9. The van der Waals surface area contributed by atoms with Crippen LogP contribution in [0.15, 0.2) is 71.5 Å². The molecule has 1 aliphatic heterocycles. The van der Waals surface area contributed by atoms with Crippen molar-refractivity contribution >= 4 is 15.9 Å². The van der Waals surface area contributed by atoms with Crippen LogP contribution in [0, 0.1) is 5.92 Å². The SMILES string of the molecule is COc1cncc2c1[C@]1(O)C(CN)C[C@@H](c3ccccc3)[C@]1(c1ccc(Br)cc1)O2. The molecule has 5 rings (SSSR count). The molecule has 3 N–H and O–H groups in total. The molecule has 1 fully saturated rings. The van der Waals surface area contributed by atoms with Gasteiger partial charge < -0.3 is 20.3 Å². The Morgan fingerprint density at radius 3 is 2.57 bits per heavy atom. The molecule has 6 heteroatoms. The van der Waals surface area contributed by atoms with Gasteiger partial charge in [0.1, 0.15) is 17.1 Å². The summed E-state index contributed by atoms with van der Waals surface area (Å²) in [6.07, 6.45) is 3.98. The van der Waals surface area contributed by atoms with Crippen LogP contribution in [0.1, 0.15) is 29.0 Å². The van der Waals surface area contributed by atoms with E-state index in [2.05, 4.69) is 33.0 Å². The average molecular weight is 467 g/mol. The smallest absolute Gasteiger partial charge is 0.174 e. The number of halogens is 1. The van der Waals surface area contributed by atoms with Gasteiger partial charge in [-0.2, -0.15) is 0 Å². The number of pyridine rings is 1.